The molecule has 5 nitrogen and oxygen atoms in total. The first-order chi connectivity index (χ1) is 8.14. The van der Waals surface area contributed by atoms with Gasteiger partial charge in [-0.25, -0.2) is 0 Å². The van der Waals surface area contributed by atoms with Gasteiger partial charge in [-0.15, -0.1) is 0 Å². The molecule has 0 saturated heterocycles. The normalized spacial score (nSPS) is 13.3. The first-order valence-electron chi connectivity index (χ1n) is 6.44. The molecule has 0 aromatic heterocycles. The zero-order valence-electron chi connectivity index (χ0n) is 12.2. The molecule has 0 aliphatic carbocycles. The maximum absolute atomic E-state index is 11.7. The Labute approximate surface area is 110 Å². The van der Waals surface area contributed by atoms with E-state index in [9.17, 15) is 9.59 Å². The van der Waals surface area contributed by atoms with Crippen LogP contribution >= 0.6 is 0 Å². The predicted octanol–water partition coefficient (Wildman–Crippen LogP) is 0.638. The van der Waals surface area contributed by atoms with E-state index in [4.69, 9.17) is 5.73 Å². The van der Waals surface area contributed by atoms with Crippen LogP contribution < -0.4 is 16.4 Å². The van der Waals surface area contributed by atoms with Crippen molar-refractivity contribution in [3.8, 4) is 0 Å². The first-order valence-corrected chi connectivity index (χ1v) is 6.44. The highest BCUT2D eigenvalue weighted by Crippen LogP contribution is 2.16. The number of rotatable bonds is 6. The average Bonchev–Trinajstić information content (AvgIpc) is 2.23. The van der Waals surface area contributed by atoms with Crippen molar-refractivity contribution >= 4 is 11.8 Å². The van der Waals surface area contributed by atoms with Gasteiger partial charge in [0.2, 0.25) is 11.8 Å². The van der Waals surface area contributed by atoms with E-state index in [2.05, 4.69) is 10.6 Å². The van der Waals surface area contributed by atoms with Crippen molar-refractivity contribution in [3.05, 3.63) is 0 Å². The fourth-order valence-corrected chi connectivity index (χ4v) is 1.21. The second-order valence-electron chi connectivity index (χ2n) is 6.08. The van der Waals surface area contributed by atoms with E-state index in [1.807, 2.05) is 34.6 Å². The molecule has 4 N–H and O–H groups in total. The van der Waals surface area contributed by atoms with Gasteiger partial charge in [0.1, 0.15) is 0 Å². The fraction of sp³-hybridized carbons (Fsp3) is 0.846. The van der Waals surface area contributed by atoms with Gasteiger partial charge >= 0.3 is 0 Å². The number of nitrogens with two attached hydrogens (primary N) is 1. The van der Waals surface area contributed by atoms with Crippen LogP contribution in [0.5, 0.6) is 0 Å². The van der Waals surface area contributed by atoms with E-state index in [-0.39, 0.29) is 23.7 Å². The Hall–Kier alpha value is -1.10. The van der Waals surface area contributed by atoms with Crippen molar-refractivity contribution in [1.29, 1.82) is 0 Å². The summed E-state index contributed by atoms with van der Waals surface area (Å²) in [5.74, 6) is 0.172. The summed E-state index contributed by atoms with van der Waals surface area (Å²) in [7, 11) is 0. The summed E-state index contributed by atoms with van der Waals surface area (Å²) in [5, 5.41) is 5.48. The van der Waals surface area contributed by atoms with Gasteiger partial charge in [-0.3, -0.25) is 9.59 Å². The number of nitrogens with one attached hydrogen (secondary N) is 2. The average molecular weight is 257 g/mol. The van der Waals surface area contributed by atoms with Gasteiger partial charge in [-0.2, -0.15) is 0 Å². The van der Waals surface area contributed by atoms with Crippen molar-refractivity contribution < 1.29 is 9.59 Å². The van der Waals surface area contributed by atoms with Crippen LogP contribution in [0.1, 0.15) is 41.0 Å². The molecule has 18 heavy (non-hydrogen) atoms. The quantitative estimate of drug-likeness (QED) is 0.653. The molecule has 5 heteroatoms. The lowest BCUT2D eigenvalue weighted by Crippen LogP contribution is -2.49. The standard InChI is InChI=1S/C13H27N3O2/c1-9(2)8-16-10(17)6-7-15-12(18)11(14)13(3,4)5/h9,11H,6-8,14H2,1-5H3,(H,15,18)(H,16,17)/t11-/m1/s1. The third-order valence-electron chi connectivity index (χ3n) is 2.57. The van der Waals surface area contributed by atoms with Gasteiger partial charge in [0.15, 0.2) is 0 Å². The van der Waals surface area contributed by atoms with Crippen molar-refractivity contribution in [2.75, 3.05) is 13.1 Å². The summed E-state index contributed by atoms with van der Waals surface area (Å²) >= 11 is 0. The maximum Gasteiger partial charge on any atom is 0.237 e. The van der Waals surface area contributed by atoms with Crippen molar-refractivity contribution in [2.24, 2.45) is 17.1 Å². The Morgan fingerprint density at radius 2 is 1.72 bits per heavy atom. The molecule has 0 radical (unpaired) electrons. The lowest BCUT2D eigenvalue weighted by molar-refractivity contribution is -0.124. The molecule has 0 heterocycles. The van der Waals surface area contributed by atoms with E-state index >= 15 is 0 Å². The summed E-state index contributed by atoms with van der Waals surface area (Å²) in [6.07, 6.45) is 0.287. The van der Waals surface area contributed by atoms with Gasteiger partial charge in [0.25, 0.3) is 0 Å². The molecule has 0 rings (SSSR count). The Kier molecular flexibility index (Phi) is 6.91. The van der Waals surface area contributed by atoms with E-state index in [0.29, 0.717) is 19.0 Å². The largest absolute Gasteiger partial charge is 0.356 e. The van der Waals surface area contributed by atoms with Crippen LogP contribution in [0.2, 0.25) is 0 Å². The molecule has 0 aromatic rings. The second kappa shape index (κ2) is 7.36. The van der Waals surface area contributed by atoms with Crippen LogP contribution in [-0.2, 0) is 9.59 Å². The molecule has 1 atom stereocenters. The van der Waals surface area contributed by atoms with Gasteiger partial charge in [0, 0.05) is 19.5 Å². The maximum atomic E-state index is 11.7. The summed E-state index contributed by atoms with van der Waals surface area (Å²) < 4.78 is 0. The molecule has 0 spiro atoms. The van der Waals surface area contributed by atoms with Crippen LogP contribution in [0.15, 0.2) is 0 Å². The number of hydrogen-bond acceptors (Lipinski definition) is 3. The number of carbonyl (C=O) groups is 2. The third-order valence-corrected chi connectivity index (χ3v) is 2.57. The molecular weight excluding hydrogens is 230 g/mol. The van der Waals surface area contributed by atoms with Gasteiger partial charge in [-0.05, 0) is 11.3 Å². The molecule has 0 fully saturated rings. The van der Waals surface area contributed by atoms with Gasteiger partial charge < -0.3 is 16.4 Å². The third kappa shape index (κ3) is 7.27. The van der Waals surface area contributed by atoms with E-state index in [0.717, 1.165) is 0 Å². The minimum atomic E-state index is -0.559. The van der Waals surface area contributed by atoms with Gasteiger partial charge in [0.05, 0.1) is 6.04 Å². The van der Waals surface area contributed by atoms with Crippen molar-refractivity contribution in [1.82, 2.24) is 10.6 Å². The molecule has 2 amide bonds. The summed E-state index contributed by atoms with van der Waals surface area (Å²) in [6, 6.07) is -0.559. The zero-order chi connectivity index (χ0) is 14.3. The topological polar surface area (TPSA) is 84.2 Å². The summed E-state index contributed by atoms with van der Waals surface area (Å²) in [5.41, 5.74) is 5.52. The number of carbonyl (C=O) groups excluding carboxylic acids is 2. The smallest absolute Gasteiger partial charge is 0.237 e. The minimum Gasteiger partial charge on any atom is -0.356 e. The SMILES string of the molecule is CC(C)CNC(=O)CCNC(=O)[C@@H](N)C(C)(C)C. The van der Waals surface area contributed by atoms with Crippen LogP contribution in [-0.4, -0.2) is 30.9 Å². The molecule has 0 saturated carbocycles. The second-order valence-corrected chi connectivity index (χ2v) is 6.08. The highest BCUT2D eigenvalue weighted by molar-refractivity contribution is 5.83. The Morgan fingerprint density at radius 3 is 2.17 bits per heavy atom. The molecule has 0 unspecified atom stereocenters. The van der Waals surface area contributed by atoms with Crippen LogP contribution in [0, 0.1) is 11.3 Å². The molecular formula is C13H27N3O2. The molecule has 0 aromatic carbocycles. The number of hydrogen-bond donors (Lipinski definition) is 3. The number of amides is 2. The molecule has 0 bridgehead atoms. The Bertz CT molecular complexity index is 282. The van der Waals surface area contributed by atoms with Crippen molar-refractivity contribution in [3.63, 3.8) is 0 Å². The lowest BCUT2D eigenvalue weighted by Gasteiger charge is -2.25. The minimum absolute atomic E-state index is 0.0478. The highest BCUT2D eigenvalue weighted by atomic mass is 16.2. The molecule has 0 aliphatic heterocycles. The summed E-state index contributed by atoms with van der Waals surface area (Å²) in [6.45, 7) is 10.8. The van der Waals surface area contributed by atoms with E-state index in [1.54, 1.807) is 0 Å². The highest BCUT2D eigenvalue weighted by Gasteiger charge is 2.27. The Morgan fingerprint density at radius 1 is 1.17 bits per heavy atom. The molecule has 0 aliphatic rings. The fourth-order valence-electron chi connectivity index (χ4n) is 1.21. The summed E-state index contributed by atoms with van der Waals surface area (Å²) in [4.78, 5) is 23.1. The Balaban J connectivity index is 3.85. The van der Waals surface area contributed by atoms with Crippen molar-refractivity contribution in [2.45, 2.75) is 47.1 Å². The van der Waals surface area contributed by atoms with Gasteiger partial charge in [-0.1, -0.05) is 34.6 Å². The first kappa shape index (κ1) is 16.9. The predicted molar refractivity (Wildman–Crippen MR) is 72.9 cm³/mol. The molecule has 106 valence electrons. The van der Waals surface area contributed by atoms with Crippen LogP contribution in [0.25, 0.3) is 0 Å². The van der Waals surface area contributed by atoms with E-state index < -0.39 is 6.04 Å². The van der Waals surface area contributed by atoms with Crippen LogP contribution in [0.4, 0.5) is 0 Å². The lowest BCUT2D eigenvalue weighted by atomic mass is 9.87. The van der Waals surface area contributed by atoms with E-state index in [1.165, 1.54) is 0 Å². The zero-order valence-corrected chi connectivity index (χ0v) is 12.2. The monoisotopic (exact) mass is 257 g/mol. The van der Waals surface area contributed by atoms with Crippen LogP contribution in [0.3, 0.4) is 0 Å².